The van der Waals surface area contributed by atoms with E-state index in [4.69, 9.17) is 0 Å². The van der Waals surface area contributed by atoms with Crippen LogP contribution in [0.3, 0.4) is 0 Å². The molecule has 154 valence electrons. The largest absolute Gasteiger partial charge is 0.477 e. The van der Waals surface area contributed by atoms with Crippen molar-refractivity contribution in [3.05, 3.63) is 76.6 Å². The van der Waals surface area contributed by atoms with Crippen LogP contribution in [-0.2, 0) is 26.6 Å². The van der Waals surface area contributed by atoms with Crippen molar-refractivity contribution in [2.24, 2.45) is 0 Å². The molecule has 1 saturated heterocycles. The summed E-state index contributed by atoms with van der Waals surface area (Å²) in [6, 6.07) is 12.3. The maximum absolute atomic E-state index is 12.7. The number of nitrogens with zero attached hydrogens (tertiary/aromatic N) is 2. The Kier molecular flexibility index (Phi) is 6.10. The number of aromatic nitrogens is 1. The van der Waals surface area contributed by atoms with Gasteiger partial charge in [0.05, 0.1) is 6.42 Å². The van der Waals surface area contributed by atoms with E-state index < -0.39 is 17.4 Å². The number of pyridine rings is 1. The summed E-state index contributed by atoms with van der Waals surface area (Å²) >= 11 is 2.87. The summed E-state index contributed by atoms with van der Waals surface area (Å²) in [7, 11) is 0. The zero-order valence-corrected chi connectivity index (χ0v) is 17.5. The first-order chi connectivity index (χ1) is 14.5. The Morgan fingerprint density at radius 1 is 1.20 bits per heavy atom. The number of hydrogen-bond acceptors (Lipinski definition) is 6. The number of carboxylic acids is 1. The van der Waals surface area contributed by atoms with Gasteiger partial charge >= 0.3 is 5.97 Å². The number of carbonyl (C=O) groups excluding carboxylic acids is 2. The van der Waals surface area contributed by atoms with Gasteiger partial charge in [0.25, 0.3) is 5.91 Å². The number of hydrogen-bond donors (Lipinski definition) is 2. The minimum Gasteiger partial charge on any atom is -0.477 e. The molecule has 3 heterocycles. The van der Waals surface area contributed by atoms with Gasteiger partial charge in [-0.2, -0.15) is 0 Å². The number of carbonyl (C=O) groups is 3. The van der Waals surface area contributed by atoms with Gasteiger partial charge < -0.3 is 10.4 Å². The van der Waals surface area contributed by atoms with E-state index in [0.717, 1.165) is 11.1 Å². The third-order valence-electron chi connectivity index (χ3n) is 4.80. The smallest absolute Gasteiger partial charge is 0.353 e. The number of rotatable bonds is 7. The number of aliphatic carboxylic acids is 1. The first-order valence-electron chi connectivity index (χ1n) is 9.30. The molecule has 7 nitrogen and oxygen atoms in total. The van der Waals surface area contributed by atoms with Crippen molar-refractivity contribution in [3.8, 4) is 0 Å². The second-order valence-corrected chi connectivity index (χ2v) is 9.02. The second-order valence-electron chi connectivity index (χ2n) is 6.84. The number of nitrogens with one attached hydrogen (secondary N) is 1. The van der Waals surface area contributed by atoms with E-state index in [1.807, 2.05) is 42.5 Å². The lowest BCUT2D eigenvalue weighted by molar-refractivity contribution is -0.150. The van der Waals surface area contributed by atoms with Crippen molar-refractivity contribution in [3.63, 3.8) is 0 Å². The van der Waals surface area contributed by atoms with E-state index >= 15 is 0 Å². The van der Waals surface area contributed by atoms with Crippen molar-refractivity contribution >= 4 is 41.3 Å². The Hall–Kier alpha value is -2.78. The molecule has 0 saturated carbocycles. The van der Waals surface area contributed by atoms with Crippen LogP contribution in [0.15, 0.2) is 65.5 Å². The molecule has 0 unspecified atom stereocenters. The molecular formula is C21H19N3O4S2. The topological polar surface area (TPSA) is 99.6 Å². The highest BCUT2D eigenvalue weighted by molar-refractivity contribution is 8.05. The Morgan fingerprint density at radius 2 is 1.97 bits per heavy atom. The molecule has 0 aliphatic carbocycles. The lowest BCUT2D eigenvalue weighted by Crippen LogP contribution is -2.70. The van der Waals surface area contributed by atoms with E-state index in [1.165, 1.54) is 28.4 Å². The fourth-order valence-electron chi connectivity index (χ4n) is 3.36. The Morgan fingerprint density at radius 3 is 2.67 bits per heavy atom. The number of β-lactam (4-membered cyclic amide) rings is 1. The van der Waals surface area contributed by atoms with Gasteiger partial charge in [0, 0.05) is 28.8 Å². The minimum absolute atomic E-state index is 0.0196. The molecule has 0 bridgehead atoms. The van der Waals surface area contributed by atoms with E-state index in [1.54, 1.807) is 12.4 Å². The summed E-state index contributed by atoms with van der Waals surface area (Å²) in [6.07, 6.45) is 3.60. The molecule has 2 aromatic rings. The molecule has 2 aliphatic rings. The summed E-state index contributed by atoms with van der Waals surface area (Å²) in [5, 5.41) is 12.1. The van der Waals surface area contributed by atoms with E-state index in [2.05, 4.69) is 10.3 Å². The van der Waals surface area contributed by atoms with Crippen molar-refractivity contribution < 1.29 is 19.5 Å². The molecule has 2 atom stereocenters. The van der Waals surface area contributed by atoms with Crippen LogP contribution in [0.25, 0.3) is 0 Å². The maximum Gasteiger partial charge on any atom is 0.353 e. The predicted molar refractivity (Wildman–Crippen MR) is 115 cm³/mol. The average molecular weight is 442 g/mol. The third kappa shape index (κ3) is 4.22. The summed E-state index contributed by atoms with van der Waals surface area (Å²) in [5.41, 5.74) is 1.86. The molecule has 2 amide bonds. The van der Waals surface area contributed by atoms with Gasteiger partial charge in [0.1, 0.15) is 17.1 Å². The lowest BCUT2D eigenvalue weighted by atomic mass is 10.0. The summed E-state index contributed by atoms with van der Waals surface area (Å²) in [6.45, 7) is 0. The van der Waals surface area contributed by atoms with Gasteiger partial charge in [-0.25, -0.2) is 4.79 Å². The first-order valence-corrected chi connectivity index (χ1v) is 11.3. The van der Waals surface area contributed by atoms with Crippen LogP contribution in [-0.4, -0.2) is 49.9 Å². The highest BCUT2D eigenvalue weighted by Gasteiger charge is 2.54. The van der Waals surface area contributed by atoms with Crippen molar-refractivity contribution in [1.29, 1.82) is 0 Å². The number of amides is 2. The second kappa shape index (κ2) is 8.93. The molecular weight excluding hydrogens is 422 g/mol. The molecule has 2 aliphatic heterocycles. The molecule has 4 rings (SSSR count). The van der Waals surface area contributed by atoms with Crippen LogP contribution >= 0.6 is 23.5 Å². The number of thioether (sulfide) groups is 2. The third-order valence-corrected chi connectivity index (χ3v) is 7.42. The van der Waals surface area contributed by atoms with Gasteiger partial charge in [0.15, 0.2) is 0 Å². The molecule has 2 N–H and O–H groups in total. The standard InChI is InChI=1S/C21H19N3O4S2/c25-16(9-13-5-2-1-3-6-13)23-17-19(26)24-18(21(27)28)15(12-30-20(17)24)29-11-14-7-4-8-22-10-14/h1-8,10,17,20H,9,11-12H2,(H,23,25)(H,27,28)/t17-,20-/m1/s1. The predicted octanol–water partition coefficient (Wildman–Crippen LogP) is 2.25. The molecule has 1 aromatic carbocycles. The summed E-state index contributed by atoms with van der Waals surface area (Å²) in [5.74, 6) is -0.712. The van der Waals surface area contributed by atoms with Crippen LogP contribution in [0.5, 0.6) is 0 Å². The Balaban J connectivity index is 1.43. The van der Waals surface area contributed by atoms with E-state index in [0.29, 0.717) is 16.4 Å². The van der Waals surface area contributed by atoms with Crippen molar-refractivity contribution in [2.45, 2.75) is 23.6 Å². The van der Waals surface area contributed by atoms with Gasteiger partial charge in [0.2, 0.25) is 5.91 Å². The fraction of sp³-hybridized carbons (Fsp3) is 0.238. The summed E-state index contributed by atoms with van der Waals surface area (Å²) < 4.78 is 0. The number of fused-ring (bicyclic) bond motifs is 1. The lowest BCUT2D eigenvalue weighted by Gasteiger charge is -2.49. The molecule has 1 fully saturated rings. The first kappa shape index (κ1) is 20.5. The average Bonchev–Trinajstić information content (AvgIpc) is 2.76. The maximum atomic E-state index is 12.7. The fourth-order valence-corrected chi connectivity index (χ4v) is 5.93. The monoisotopic (exact) mass is 441 g/mol. The summed E-state index contributed by atoms with van der Waals surface area (Å²) in [4.78, 5) is 43.0. The molecule has 9 heteroatoms. The normalized spacial score (nSPS) is 20.4. The quantitative estimate of drug-likeness (QED) is 0.636. The van der Waals surface area contributed by atoms with Gasteiger partial charge in [-0.1, -0.05) is 36.4 Å². The van der Waals surface area contributed by atoms with Crippen LogP contribution in [0.2, 0.25) is 0 Å². The van der Waals surface area contributed by atoms with Crippen LogP contribution in [0, 0.1) is 0 Å². The Labute approximate surface area is 181 Å². The van der Waals surface area contributed by atoms with Crippen LogP contribution in [0.1, 0.15) is 11.1 Å². The van der Waals surface area contributed by atoms with Gasteiger partial charge in [-0.3, -0.25) is 19.5 Å². The van der Waals surface area contributed by atoms with Crippen molar-refractivity contribution in [2.75, 3.05) is 5.75 Å². The minimum atomic E-state index is -1.13. The molecule has 0 radical (unpaired) electrons. The van der Waals surface area contributed by atoms with Crippen molar-refractivity contribution in [1.82, 2.24) is 15.2 Å². The molecule has 0 spiro atoms. The van der Waals surface area contributed by atoms with Gasteiger partial charge in [-0.05, 0) is 17.2 Å². The highest BCUT2D eigenvalue weighted by atomic mass is 32.2. The number of carboxylic acid groups (broad SMARTS) is 1. The van der Waals surface area contributed by atoms with E-state index in [9.17, 15) is 19.5 Å². The van der Waals surface area contributed by atoms with Gasteiger partial charge in [-0.15, -0.1) is 23.5 Å². The van der Waals surface area contributed by atoms with Crippen LogP contribution in [0.4, 0.5) is 0 Å². The molecule has 30 heavy (non-hydrogen) atoms. The highest BCUT2D eigenvalue weighted by Crippen LogP contribution is 2.44. The molecule has 1 aromatic heterocycles. The van der Waals surface area contributed by atoms with Crippen LogP contribution < -0.4 is 5.32 Å². The zero-order valence-electron chi connectivity index (χ0n) is 15.9. The zero-order chi connectivity index (χ0) is 21.1. The SMILES string of the molecule is O=C(Cc1ccccc1)N[C@@H]1C(=O)N2C(C(=O)O)=C(SCc3cccnc3)CS[C@H]12. The number of benzene rings is 1. The Bertz CT molecular complexity index is 998. The van der Waals surface area contributed by atoms with E-state index in [-0.39, 0.29) is 23.9 Å².